The minimum absolute atomic E-state index is 0.0688. The number of aromatic nitrogens is 2. The zero-order valence-electron chi connectivity index (χ0n) is 17.6. The van der Waals surface area contributed by atoms with E-state index in [1.54, 1.807) is 13.8 Å². The number of thiophene rings is 1. The number of carbonyl (C=O) groups is 2. The molecule has 0 saturated carbocycles. The smallest absolute Gasteiger partial charge is 0.348 e. The highest BCUT2D eigenvalue weighted by Crippen LogP contribution is 2.28. The molecular formula is C22H24N2O6S. The molecule has 1 unspecified atom stereocenters. The number of carbonyl (C=O) groups excluding carboxylic acids is 2. The number of hydrogen-bond acceptors (Lipinski definition) is 8. The van der Waals surface area contributed by atoms with E-state index < -0.39 is 23.5 Å². The molecule has 0 spiro atoms. The van der Waals surface area contributed by atoms with Crippen LogP contribution in [0.4, 0.5) is 0 Å². The third-order valence-electron chi connectivity index (χ3n) is 4.60. The summed E-state index contributed by atoms with van der Waals surface area (Å²) in [5, 5.41) is 0.301. The van der Waals surface area contributed by atoms with Crippen LogP contribution in [-0.4, -0.2) is 41.3 Å². The van der Waals surface area contributed by atoms with Crippen LogP contribution >= 0.6 is 11.3 Å². The molecule has 2 aromatic heterocycles. The van der Waals surface area contributed by atoms with Crippen LogP contribution in [0.25, 0.3) is 10.2 Å². The molecule has 1 aromatic carbocycles. The first-order valence-corrected chi connectivity index (χ1v) is 10.8. The van der Waals surface area contributed by atoms with Crippen molar-refractivity contribution in [3.8, 4) is 5.75 Å². The molecule has 0 bridgehead atoms. The molecule has 9 heteroatoms. The number of aryl methyl sites for hydroxylation is 1. The molecule has 0 amide bonds. The first kappa shape index (κ1) is 22.5. The molecule has 0 radical (unpaired) electrons. The van der Waals surface area contributed by atoms with E-state index in [9.17, 15) is 14.4 Å². The average Bonchev–Trinajstić information content (AvgIpc) is 3.12. The minimum atomic E-state index is -0.819. The Kier molecular flexibility index (Phi) is 7.41. The summed E-state index contributed by atoms with van der Waals surface area (Å²) in [4.78, 5) is 42.6. The number of rotatable bonds is 9. The molecule has 0 fully saturated rings. The van der Waals surface area contributed by atoms with Crippen LogP contribution in [0, 0.1) is 6.92 Å². The highest BCUT2D eigenvalue weighted by atomic mass is 32.1. The summed E-state index contributed by atoms with van der Waals surface area (Å²) in [6, 6.07) is 8.40. The van der Waals surface area contributed by atoms with Crippen molar-refractivity contribution in [3.05, 3.63) is 57.5 Å². The number of fused-ring (bicyclic) bond motifs is 1. The van der Waals surface area contributed by atoms with Crippen LogP contribution in [-0.2, 0) is 14.3 Å². The van der Waals surface area contributed by atoms with E-state index in [1.165, 1.54) is 10.9 Å². The lowest BCUT2D eigenvalue weighted by Gasteiger charge is -2.13. The Hall–Kier alpha value is -3.20. The molecule has 0 aliphatic carbocycles. The lowest BCUT2D eigenvalue weighted by Crippen LogP contribution is -2.29. The van der Waals surface area contributed by atoms with Crippen LogP contribution in [0.2, 0.25) is 0 Å². The van der Waals surface area contributed by atoms with Gasteiger partial charge in [0.05, 0.1) is 18.3 Å². The van der Waals surface area contributed by atoms with Gasteiger partial charge in [-0.3, -0.25) is 9.36 Å². The molecule has 0 aliphatic heterocycles. The second-order valence-electron chi connectivity index (χ2n) is 6.83. The maximum atomic E-state index is 13.0. The predicted molar refractivity (Wildman–Crippen MR) is 117 cm³/mol. The Morgan fingerprint density at radius 3 is 2.58 bits per heavy atom. The van der Waals surface area contributed by atoms with Crippen molar-refractivity contribution in [2.75, 3.05) is 19.8 Å². The highest BCUT2D eigenvalue weighted by Gasteiger charge is 2.24. The van der Waals surface area contributed by atoms with Crippen molar-refractivity contribution in [1.82, 2.24) is 9.55 Å². The standard InChI is InChI=1S/C22H24N2O6S/c1-4-10-29-21(26)15(3)24-13-23-19-17(20(24)25)14(2)18(31-19)22(27)30-12-11-28-16-8-6-5-7-9-16/h5-9,13,15H,4,10-12H2,1-3H3. The van der Waals surface area contributed by atoms with Crippen LogP contribution in [0.5, 0.6) is 5.75 Å². The van der Waals surface area contributed by atoms with Gasteiger partial charge in [-0.05, 0) is 38.0 Å². The summed E-state index contributed by atoms with van der Waals surface area (Å²) < 4.78 is 17.2. The molecule has 164 valence electrons. The van der Waals surface area contributed by atoms with Crippen molar-refractivity contribution in [2.45, 2.75) is 33.2 Å². The van der Waals surface area contributed by atoms with E-state index in [4.69, 9.17) is 14.2 Å². The second kappa shape index (κ2) is 10.2. The summed E-state index contributed by atoms with van der Waals surface area (Å²) in [6.07, 6.45) is 2.00. The number of nitrogens with zero attached hydrogens (tertiary/aromatic N) is 2. The quantitative estimate of drug-likeness (QED) is 0.368. The largest absolute Gasteiger partial charge is 0.490 e. The molecule has 2 heterocycles. The number of para-hydroxylation sites is 1. The van der Waals surface area contributed by atoms with Crippen LogP contribution in [0.15, 0.2) is 41.5 Å². The van der Waals surface area contributed by atoms with Gasteiger partial charge in [0, 0.05) is 0 Å². The highest BCUT2D eigenvalue weighted by molar-refractivity contribution is 7.20. The molecule has 0 saturated heterocycles. The second-order valence-corrected chi connectivity index (χ2v) is 7.83. The third-order valence-corrected chi connectivity index (χ3v) is 5.78. The van der Waals surface area contributed by atoms with E-state index in [2.05, 4.69) is 4.98 Å². The molecule has 0 N–H and O–H groups in total. The van der Waals surface area contributed by atoms with Gasteiger partial charge in [0.1, 0.15) is 34.7 Å². The van der Waals surface area contributed by atoms with Gasteiger partial charge in [-0.1, -0.05) is 25.1 Å². The zero-order chi connectivity index (χ0) is 22.4. The fourth-order valence-corrected chi connectivity index (χ4v) is 3.95. The maximum absolute atomic E-state index is 13.0. The molecule has 8 nitrogen and oxygen atoms in total. The van der Waals surface area contributed by atoms with E-state index in [1.807, 2.05) is 37.3 Å². The molecule has 31 heavy (non-hydrogen) atoms. The van der Waals surface area contributed by atoms with E-state index in [-0.39, 0.29) is 19.8 Å². The van der Waals surface area contributed by atoms with E-state index in [0.29, 0.717) is 32.8 Å². The van der Waals surface area contributed by atoms with Gasteiger partial charge in [-0.25, -0.2) is 14.6 Å². The first-order chi connectivity index (χ1) is 14.9. The van der Waals surface area contributed by atoms with Crippen LogP contribution in [0.1, 0.15) is 41.5 Å². The zero-order valence-corrected chi connectivity index (χ0v) is 18.4. The fraction of sp³-hybridized carbons (Fsp3) is 0.364. The molecular weight excluding hydrogens is 420 g/mol. The topological polar surface area (TPSA) is 96.7 Å². The average molecular weight is 445 g/mol. The monoisotopic (exact) mass is 444 g/mol. The lowest BCUT2D eigenvalue weighted by molar-refractivity contribution is -0.147. The van der Waals surface area contributed by atoms with Gasteiger partial charge in [0.15, 0.2) is 0 Å². The number of esters is 2. The predicted octanol–water partition coefficient (Wildman–Crippen LogP) is 3.52. The minimum Gasteiger partial charge on any atom is -0.490 e. The molecule has 0 aliphatic rings. The number of hydrogen-bond donors (Lipinski definition) is 0. The van der Waals surface area contributed by atoms with Crippen molar-refractivity contribution >= 4 is 33.5 Å². The van der Waals surface area contributed by atoms with Crippen molar-refractivity contribution < 1.29 is 23.8 Å². The molecule has 1 atom stereocenters. The summed E-state index contributed by atoms with van der Waals surface area (Å²) in [7, 11) is 0. The SMILES string of the molecule is CCCOC(=O)C(C)n1cnc2sc(C(=O)OCCOc3ccccc3)c(C)c2c1=O. The first-order valence-electron chi connectivity index (χ1n) is 9.95. The molecule has 3 rings (SSSR count). The van der Waals surface area contributed by atoms with Gasteiger partial charge >= 0.3 is 11.9 Å². The number of ether oxygens (including phenoxy) is 3. The Labute approximate surface area is 183 Å². The Morgan fingerprint density at radius 1 is 1.13 bits per heavy atom. The van der Waals surface area contributed by atoms with Gasteiger partial charge < -0.3 is 14.2 Å². The van der Waals surface area contributed by atoms with E-state index >= 15 is 0 Å². The van der Waals surface area contributed by atoms with E-state index in [0.717, 1.165) is 11.3 Å². The maximum Gasteiger partial charge on any atom is 0.348 e. The Bertz CT molecular complexity index is 1120. The van der Waals surface area contributed by atoms with Crippen LogP contribution in [0.3, 0.4) is 0 Å². The van der Waals surface area contributed by atoms with Gasteiger partial charge in [-0.15, -0.1) is 11.3 Å². The van der Waals surface area contributed by atoms with Crippen molar-refractivity contribution in [1.29, 1.82) is 0 Å². The van der Waals surface area contributed by atoms with Gasteiger partial charge in [-0.2, -0.15) is 0 Å². The van der Waals surface area contributed by atoms with Crippen molar-refractivity contribution in [2.24, 2.45) is 0 Å². The summed E-state index contributed by atoms with van der Waals surface area (Å²) in [5.41, 5.74) is 0.0844. The Morgan fingerprint density at radius 2 is 1.87 bits per heavy atom. The van der Waals surface area contributed by atoms with Gasteiger partial charge in [0.25, 0.3) is 5.56 Å². The normalized spacial score (nSPS) is 11.8. The summed E-state index contributed by atoms with van der Waals surface area (Å²) in [5.74, 6) is -0.359. The summed E-state index contributed by atoms with van der Waals surface area (Å²) >= 11 is 1.09. The van der Waals surface area contributed by atoms with Crippen LogP contribution < -0.4 is 10.3 Å². The van der Waals surface area contributed by atoms with Crippen molar-refractivity contribution in [3.63, 3.8) is 0 Å². The molecule has 3 aromatic rings. The lowest BCUT2D eigenvalue weighted by atomic mass is 10.2. The third kappa shape index (κ3) is 5.11. The fourth-order valence-electron chi connectivity index (χ4n) is 2.92. The number of benzene rings is 1. The summed E-state index contributed by atoms with van der Waals surface area (Å²) in [6.45, 7) is 5.71. The Balaban J connectivity index is 1.72. The van der Waals surface area contributed by atoms with Gasteiger partial charge in [0.2, 0.25) is 0 Å².